The summed E-state index contributed by atoms with van der Waals surface area (Å²) in [5, 5.41) is 0. The average Bonchev–Trinajstić information content (AvgIpc) is 2.95. The molecule has 1 aromatic carbocycles. The van der Waals surface area contributed by atoms with Crippen LogP contribution >= 0.6 is 0 Å². The van der Waals surface area contributed by atoms with Crippen LogP contribution < -0.4 is 0 Å². The Bertz CT molecular complexity index is 490. The van der Waals surface area contributed by atoms with E-state index in [-0.39, 0.29) is 11.9 Å². The van der Waals surface area contributed by atoms with E-state index in [1.807, 2.05) is 0 Å². The Hall–Kier alpha value is -1.35. The number of aryl methyl sites for hydroxylation is 2. The Morgan fingerprint density at radius 2 is 2.00 bits per heavy atom. The van der Waals surface area contributed by atoms with E-state index in [0.717, 1.165) is 32.5 Å². The van der Waals surface area contributed by atoms with Crippen molar-refractivity contribution in [3.63, 3.8) is 0 Å². The molecule has 2 aliphatic rings. The van der Waals surface area contributed by atoms with Crippen molar-refractivity contribution < 1.29 is 9.53 Å². The predicted molar refractivity (Wildman–Crippen MR) is 78.5 cm³/mol. The number of carbonyl (C=O) groups excluding carboxylic acids is 1. The number of rotatable bonds is 3. The second kappa shape index (κ2) is 5.96. The molecule has 1 fully saturated rings. The number of hydrogen-bond acceptors (Lipinski definition) is 3. The molecule has 1 aliphatic carbocycles. The van der Waals surface area contributed by atoms with Crippen molar-refractivity contribution in [1.82, 2.24) is 4.90 Å². The van der Waals surface area contributed by atoms with Crippen molar-refractivity contribution >= 4 is 5.97 Å². The molecule has 0 spiro atoms. The molecule has 20 heavy (non-hydrogen) atoms. The molecule has 1 aromatic rings. The number of benzene rings is 1. The lowest BCUT2D eigenvalue weighted by atomic mass is 9.96. The SMILES string of the molecule is COC(=O)C1CCN(Cc2ccc3c(c2)CCC3)CC1. The third-order valence-corrected chi connectivity index (χ3v) is 4.69. The molecule has 1 heterocycles. The highest BCUT2D eigenvalue weighted by Gasteiger charge is 2.25. The van der Waals surface area contributed by atoms with Gasteiger partial charge in [0.1, 0.15) is 0 Å². The standard InChI is InChI=1S/C17H23NO2/c1-20-17(19)15-7-9-18(10-8-15)12-13-5-6-14-3-2-4-16(14)11-13/h5-6,11,15H,2-4,7-10,12H2,1H3. The molecule has 0 bridgehead atoms. The number of esters is 1. The number of carbonyl (C=O) groups is 1. The van der Waals surface area contributed by atoms with Gasteiger partial charge in [0.25, 0.3) is 0 Å². The highest BCUT2D eigenvalue weighted by atomic mass is 16.5. The molecule has 3 heteroatoms. The van der Waals surface area contributed by atoms with E-state index in [9.17, 15) is 4.79 Å². The first-order valence-electron chi connectivity index (χ1n) is 7.67. The van der Waals surface area contributed by atoms with E-state index >= 15 is 0 Å². The van der Waals surface area contributed by atoms with E-state index in [0.29, 0.717) is 0 Å². The summed E-state index contributed by atoms with van der Waals surface area (Å²) in [7, 11) is 1.49. The molecular formula is C17H23NO2. The fourth-order valence-electron chi connectivity index (χ4n) is 3.48. The smallest absolute Gasteiger partial charge is 0.308 e. The van der Waals surface area contributed by atoms with Crippen LogP contribution in [0.1, 0.15) is 36.0 Å². The van der Waals surface area contributed by atoms with Gasteiger partial charge in [0.05, 0.1) is 13.0 Å². The second-order valence-corrected chi connectivity index (χ2v) is 6.03. The number of hydrogen-bond donors (Lipinski definition) is 0. The Kier molecular flexibility index (Phi) is 4.06. The minimum absolute atomic E-state index is 0.0396. The number of fused-ring (bicyclic) bond motifs is 1. The van der Waals surface area contributed by atoms with Crippen LogP contribution in [0, 0.1) is 5.92 Å². The molecule has 3 nitrogen and oxygen atoms in total. The summed E-state index contributed by atoms with van der Waals surface area (Å²) >= 11 is 0. The maximum absolute atomic E-state index is 11.5. The Morgan fingerprint density at radius 3 is 2.75 bits per heavy atom. The van der Waals surface area contributed by atoms with Gasteiger partial charge in [-0.3, -0.25) is 9.69 Å². The fraction of sp³-hybridized carbons (Fsp3) is 0.588. The lowest BCUT2D eigenvalue weighted by Crippen LogP contribution is -2.36. The minimum Gasteiger partial charge on any atom is -0.469 e. The zero-order valence-corrected chi connectivity index (χ0v) is 12.2. The van der Waals surface area contributed by atoms with Gasteiger partial charge < -0.3 is 4.74 Å². The molecule has 108 valence electrons. The first-order chi connectivity index (χ1) is 9.76. The van der Waals surface area contributed by atoms with Gasteiger partial charge in [-0.2, -0.15) is 0 Å². The Balaban J connectivity index is 1.56. The first-order valence-corrected chi connectivity index (χ1v) is 7.67. The van der Waals surface area contributed by atoms with Gasteiger partial charge >= 0.3 is 5.97 Å². The molecular weight excluding hydrogens is 250 g/mol. The van der Waals surface area contributed by atoms with Crippen LogP contribution in [-0.2, 0) is 28.9 Å². The summed E-state index contributed by atoms with van der Waals surface area (Å²) in [6.07, 6.45) is 5.66. The number of nitrogens with zero attached hydrogens (tertiary/aromatic N) is 1. The average molecular weight is 273 g/mol. The third-order valence-electron chi connectivity index (χ3n) is 4.69. The number of likely N-dealkylation sites (tertiary alicyclic amines) is 1. The largest absolute Gasteiger partial charge is 0.469 e. The highest BCUT2D eigenvalue weighted by molar-refractivity contribution is 5.72. The molecule has 0 unspecified atom stereocenters. The summed E-state index contributed by atoms with van der Waals surface area (Å²) in [6, 6.07) is 6.96. The van der Waals surface area contributed by atoms with Gasteiger partial charge in [-0.1, -0.05) is 18.2 Å². The normalized spacial score (nSPS) is 19.9. The van der Waals surface area contributed by atoms with Crippen molar-refractivity contribution in [3.05, 3.63) is 34.9 Å². The molecule has 0 aromatic heterocycles. The van der Waals surface area contributed by atoms with Crippen LogP contribution in [0.4, 0.5) is 0 Å². The van der Waals surface area contributed by atoms with Gasteiger partial charge in [-0.05, 0) is 61.9 Å². The van der Waals surface area contributed by atoms with E-state index in [2.05, 4.69) is 23.1 Å². The van der Waals surface area contributed by atoms with Crippen LogP contribution in [0.3, 0.4) is 0 Å². The lowest BCUT2D eigenvalue weighted by Gasteiger charge is -2.30. The van der Waals surface area contributed by atoms with Crippen molar-refractivity contribution in [2.75, 3.05) is 20.2 Å². The van der Waals surface area contributed by atoms with Crippen LogP contribution in [0.15, 0.2) is 18.2 Å². The molecule has 1 aliphatic heterocycles. The Labute approximate surface area is 120 Å². The Morgan fingerprint density at radius 1 is 1.25 bits per heavy atom. The van der Waals surface area contributed by atoms with Crippen molar-refractivity contribution in [1.29, 1.82) is 0 Å². The van der Waals surface area contributed by atoms with Gasteiger partial charge in [0.2, 0.25) is 0 Å². The minimum atomic E-state index is -0.0396. The van der Waals surface area contributed by atoms with E-state index < -0.39 is 0 Å². The zero-order chi connectivity index (χ0) is 13.9. The molecule has 0 amide bonds. The van der Waals surface area contributed by atoms with Crippen LogP contribution in [-0.4, -0.2) is 31.1 Å². The molecule has 3 rings (SSSR count). The predicted octanol–water partition coefficient (Wildman–Crippen LogP) is 2.56. The fourth-order valence-corrected chi connectivity index (χ4v) is 3.48. The maximum atomic E-state index is 11.5. The molecule has 0 atom stereocenters. The van der Waals surface area contributed by atoms with Crippen molar-refractivity contribution in [2.24, 2.45) is 5.92 Å². The second-order valence-electron chi connectivity index (χ2n) is 6.03. The van der Waals surface area contributed by atoms with E-state index in [4.69, 9.17) is 4.74 Å². The van der Waals surface area contributed by atoms with Gasteiger partial charge in [0.15, 0.2) is 0 Å². The zero-order valence-electron chi connectivity index (χ0n) is 12.2. The van der Waals surface area contributed by atoms with Gasteiger partial charge in [-0.15, -0.1) is 0 Å². The lowest BCUT2D eigenvalue weighted by molar-refractivity contribution is -0.147. The first kappa shape index (κ1) is 13.6. The monoisotopic (exact) mass is 273 g/mol. The summed E-state index contributed by atoms with van der Waals surface area (Å²) in [4.78, 5) is 14.0. The van der Waals surface area contributed by atoms with Gasteiger partial charge in [-0.25, -0.2) is 0 Å². The van der Waals surface area contributed by atoms with Gasteiger partial charge in [0, 0.05) is 6.54 Å². The summed E-state index contributed by atoms with van der Waals surface area (Å²) in [5.41, 5.74) is 4.51. The van der Waals surface area contributed by atoms with E-state index in [1.165, 1.54) is 37.5 Å². The maximum Gasteiger partial charge on any atom is 0.308 e. The third kappa shape index (κ3) is 2.88. The quantitative estimate of drug-likeness (QED) is 0.793. The topological polar surface area (TPSA) is 29.5 Å². The number of piperidine rings is 1. The van der Waals surface area contributed by atoms with Crippen molar-refractivity contribution in [3.8, 4) is 0 Å². The number of ether oxygens (including phenoxy) is 1. The number of methoxy groups -OCH3 is 1. The van der Waals surface area contributed by atoms with Crippen LogP contribution in [0.2, 0.25) is 0 Å². The summed E-state index contributed by atoms with van der Waals surface area (Å²) < 4.78 is 4.84. The molecule has 0 saturated carbocycles. The van der Waals surface area contributed by atoms with Crippen LogP contribution in [0.25, 0.3) is 0 Å². The summed E-state index contributed by atoms with van der Waals surface area (Å²) in [5.74, 6) is 0.0680. The molecule has 0 radical (unpaired) electrons. The highest BCUT2D eigenvalue weighted by Crippen LogP contribution is 2.25. The van der Waals surface area contributed by atoms with Crippen molar-refractivity contribution in [2.45, 2.75) is 38.6 Å². The molecule has 1 saturated heterocycles. The molecule has 0 N–H and O–H groups in total. The summed E-state index contributed by atoms with van der Waals surface area (Å²) in [6.45, 7) is 3.01. The van der Waals surface area contributed by atoms with E-state index in [1.54, 1.807) is 5.56 Å². The van der Waals surface area contributed by atoms with Crippen LogP contribution in [0.5, 0.6) is 0 Å².